The van der Waals surface area contributed by atoms with Crippen LogP contribution in [0.15, 0.2) is 0 Å². The van der Waals surface area contributed by atoms with Crippen LogP contribution in [-0.4, -0.2) is 37.1 Å². The summed E-state index contributed by atoms with van der Waals surface area (Å²) in [6, 6.07) is 0. The van der Waals surface area contributed by atoms with Crippen molar-refractivity contribution in [2.75, 3.05) is 13.2 Å². The quantitative estimate of drug-likeness (QED) is 0.573. The summed E-state index contributed by atoms with van der Waals surface area (Å²) in [5.41, 5.74) is 0. The molecule has 0 bridgehead atoms. The van der Waals surface area contributed by atoms with E-state index >= 15 is 0 Å². The van der Waals surface area contributed by atoms with Gasteiger partial charge in [-0.25, -0.2) is 0 Å². The van der Waals surface area contributed by atoms with Crippen LogP contribution in [0.4, 0.5) is 13.2 Å². The summed E-state index contributed by atoms with van der Waals surface area (Å²) in [5, 5.41) is 0. The minimum atomic E-state index is -4.59. The van der Waals surface area contributed by atoms with E-state index in [9.17, 15) is 27.6 Å². The van der Waals surface area contributed by atoms with E-state index in [1.54, 1.807) is 0 Å². The molecule has 2 atom stereocenters. The summed E-state index contributed by atoms with van der Waals surface area (Å²) in [7, 11) is 0. The van der Waals surface area contributed by atoms with Gasteiger partial charge < -0.3 is 9.47 Å². The molecule has 0 aliphatic heterocycles. The molecule has 0 N–H and O–H groups in total. The Labute approximate surface area is 126 Å². The van der Waals surface area contributed by atoms with Gasteiger partial charge in [-0.1, -0.05) is 0 Å². The molecule has 0 radical (unpaired) electrons. The number of alkyl halides is 3. The first-order valence-corrected chi connectivity index (χ1v) is 7.14. The topological polar surface area (TPSA) is 69.7 Å². The molecule has 1 aliphatic carbocycles. The molecule has 0 spiro atoms. The molecule has 0 amide bonds. The summed E-state index contributed by atoms with van der Waals surface area (Å²) < 4.78 is 48.9. The molecule has 1 aliphatic rings. The molecular weight excluding hydrogens is 305 g/mol. The summed E-state index contributed by atoms with van der Waals surface area (Å²) in [5.74, 6) is -7.65. The number of ketones is 1. The van der Waals surface area contributed by atoms with Gasteiger partial charge in [0, 0.05) is 18.8 Å². The van der Waals surface area contributed by atoms with Gasteiger partial charge in [0.05, 0.1) is 19.1 Å². The summed E-state index contributed by atoms with van der Waals surface area (Å²) in [6.07, 6.45) is -5.71. The highest BCUT2D eigenvalue weighted by Crippen LogP contribution is 2.44. The Balaban J connectivity index is 3.13. The Hall–Kier alpha value is -1.60. The third-order valence-electron chi connectivity index (χ3n) is 3.64. The zero-order valence-corrected chi connectivity index (χ0v) is 12.4. The van der Waals surface area contributed by atoms with E-state index in [0.717, 1.165) is 0 Å². The largest absolute Gasteiger partial charge is 0.465 e. The zero-order valence-electron chi connectivity index (χ0n) is 12.4. The third kappa shape index (κ3) is 4.45. The fraction of sp³-hybridized carbons (Fsp3) is 0.786. The SMILES string of the molecule is CCOC(=O)C(C(=O)OCC)C1CC(=O)CCC1C(F)(F)F. The first-order chi connectivity index (χ1) is 10.2. The maximum absolute atomic E-state index is 13.2. The van der Waals surface area contributed by atoms with Gasteiger partial charge in [0.15, 0.2) is 5.92 Å². The van der Waals surface area contributed by atoms with Gasteiger partial charge in [0.1, 0.15) is 5.78 Å². The molecule has 126 valence electrons. The number of carbonyl (C=O) groups is 3. The van der Waals surface area contributed by atoms with Crippen molar-refractivity contribution >= 4 is 17.7 Å². The molecule has 0 aromatic rings. The molecule has 2 unspecified atom stereocenters. The Kier molecular flexibility index (Phi) is 6.37. The lowest BCUT2D eigenvalue weighted by molar-refractivity contribution is -0.206. The second-order valence-corrected chi connectivity index (χ2v) is 5.08. The van der Waals surface area contributed by atoms with E-state index < -0.39 is 54.5 Å². The standard InChI is InChI=1S/C14H19F3O5/c1-3-21-12(19)11(13(20)22-4-2)9-7-8(18)5-6-10(9)14(15,16)17/h9-11H,3-7H2,1-2H3. The van der Waals surface area contributed by atoms with Crippen molar-refractivity contribution in [1.29, 1.82) is 0 Å². The van der Waals surface area contributed by atoms with Gasteiger partial charge in [0.25, 0.3) is 0 Å². The van der Waals surface area contributed by atoms with E-state index in [-0.39, 0.29) is 19.6 Å². The highest BCUT2D eigenvalue weighted by Gasteiger charge is 2.53. The Morgan fingerprint density at radius 2 is 1.68 bits per heavy atom. The van der Waals surface area contributed by atoms with E-state index in [1.807, 2.05) is 0 Å². The zero-order chi connectivity index (χ0) is 16.9. The second-order valence-electron chi connectivity index (χ2n) is 5.08. The lowest BCUT2D eigenvalue weighted by atomic mass is 9.71. The van der Waals surface area contributed by atoms with Crippen molar-refractivity contribution in [3.63, 3.8) is 0 Å². The van der Waals surface area contributed by atoms with Crippen LogP contribution in [0, 0.1) is 17.8 Å². The van der Waals surface area contributed by atoms with E-state index in [2.05, 4.69) is 0 Å². The van der Waals surface area contributed by atoms with Crippen LogP contribution in [0.25, 0.3) is 0 Å². The number of hydrogen-bond donors (Lipinski definition) is 0. The highest BCUT2D eigenvalue weighted by molar-refractivity contribution is 5.96. The fourth-order valence-corrected chi connectivity index (χ4v) is 2.70. The number of hydrogen-bond acceptors (Lipinski definition) is 5. The fourth-order valence-electron chi connectivity index (χ4n) is 2.70. The molecular formula is C14H19F3O5. The molecule has 0 saturated heterocycles. The maximum Gasteiger partial charge on any atom is 0.392 e. The molecule has 1 saturated carbocycles. The van der Waals surface area contributed by atoms with Gasteiger partial charge in [-0.2, -0.15) is 13.2 Å². The number of esters is 2. The lowest BCUT2D eigenvalue weighted by Crippen LogP contribution is -2.45. The predicted octanol–water partition coefficient (Wildman–Crippen LogP) is 2.28. The van der Waals surface area contributed by atoms with Crippen LogP contribution in [-0.2, 0) is 23.9 Å². The van der Waals surface area contributed by atoms with Crippen LogP contribution in [0.1, 0.15) is 33.1 Å². The van der Waals surface area contributed by atoms with Crippen LogP contribution in [0.5, 0.6) is 0 Å². The molecule has 5 nitrogen and oxygen atoms in total. The number of halogens is 3. The van der Waals surface area contributed by atoms with Crippen molar-refractivity contribution in [1.82, 2.24) is 0 Å². The number of Topliss-reactive ketones (excluding diaryl/α,β-unsaturated/α-hetero) is 1. The van der Waals surface area contributed by atoms with Gasteiger partial charge in [-0.05, 0) is 20.3 Å². The van der Waals surface area contributed by atoms with E-state index in [0.29, 0.717) is 0 Å². The van der Waals surface area contributed by atoms with E-state index in [4.69, 9.17) is 9.47 Å². The van der Waals surface area contributed by atoms with Crippen molar-refractivity contribution in [3.8, 4) is 0 Å². The predicted molar refractivity (Wildman–Crippen MR) is 68.6 cm³/mol. The van der Waals surface area contributed by atoms with Gasteiger partial charge >= 0.3 is 18.1 Å². The Bertz CT molecular complexity index is 415. The van der Waals surface area contributed by atoms with Gasteiger partial charge in [0.2, 0.25) is 0 Å². The normalized spacial score (nSPS) is 22.5. The van der Waals surface area contributed by atoms with Crippen molar-refractivity contribution in [3.05, 3.63) is 0 Å². The molecule has 8 heteroatoms. The van der Waals surface area contributed by atoms with Crippen molar-refractivity contribution in [2.45, 2.75) is 39.3 Å². The molecule has 22 heavy (non-hydrogen) atoms. The van der Waals surface area contributed by atoms with Crippen molar-refractivity contribution < 1.29 is 37.0 Å². The molecule has 0 aromatic carbocycles. The smallest absolute Gasteiger partial charge is 0.392 e. The maximum atomic E-state index is 13.2. The minimum absolute atomic E-state index is 0.0773. The van der Waals surface area contributed by atoms with Crippen LogP contribution < -0.4 is 0 Å². The monoisotopic (exact) mass is 324 g/mol. The number of carbonyl (C=O) groups excluding carboxylic acids is 3. The average Bonchev–Trinajstić information content (AvgIpc) is 2.38. The summed E-state index contributed by atoms with van der Waals surface area (Å²) >= 11 is 0. The van der Waals surface area contributed by atoms with Crippen LogP contribution in [0.2, 0.25) is 0 Å². The van der Waals surface area contributed by atoms with Crippen LogP contribution in [0.3, 0.4) is 0 Å². The minimum Gasteiger partial charge on any atom is -0.465 e. The number of rotatable bonds is 5. The van der Waals surface area contributed by atoms with E-state index in [1.165, 1.54) is 13.8 Å². The first-order valence-electron chi connectivity index (χ1n) is 7.14. The van der Waals surface area contributed by atoms with Gasteiger partial charge in [-0.3, -0.25) is 14.4 Å². The molecule has 0 aromatic heterocycles. The molecule has 1 fully saturated rings. The summed E-state index contributed by atoms with van der Waals surface area (Å²) in [6.45, 7) is 2.80. The average molecular weight is 324 g/mol. The van der Waals surface area contributed by atoms with Crippen molar-refractivity contribution in [2.24, 2.45) is 17.8 Å². The lowest BCUT2D eigenvalue weighted by Gasteiger charge is -2.35. The summed E-state index contributed by atoms with van der Waals surface area (Å²) in [4.78, 5) is 35.4. The molecule has 1 rings (SSSR count). The Morgan fingerprint density at radius 1 is 1.18 bits per heavy atom. The molecule has 0 heterocycles. The van der Waals surface area contributed by atoms with Gasteiger partial charge in [-0.15, -0.1) is 0 Å². The highest BCUT2D eigenvalue weighted by atomic mass is 19.4. The first kappa shape index (κ1) is 18.4. The van der Waals surface area contributed by atoms with Crippen LogP contribution >= 0.6 is 0 Å². The third-order valence-corrected chi connectivity index (χ3v) is 3.64. The second kappa shape index (κ2) is 7.60. The Morgan fingerprint density at radius 3 is 2.09 bits per heavy atom. The number of ether oxygens (including phenoxy) is 2.